The van der Waals surface area contributed by atoms with Gasteiger partial charge in [-0.05, 0) is 93.1 Å². The van der Waals surface area contributed by atoms with Crippen LogP contribution in [0.2, 0.25) is 0 Å². The third-order valence-corrected chi connectivity index (χ3v) is 8.10. The lowest BCUT2D eigenvalue weighted by molar-refractivity contribution is 0.0240. The number of ketones is 1. The van der Waals surface area contributed by atoms with E-state index in [2.05, 4.69) is 4.90 Å². The van der Waals surface area contributed by atoms with Gasteiger partial charge in [0.25, 0.3) is 0 Å². The number of benzene rings is 3. The van der Waals surface area contributed by atoms with Crippen LogP contribution < -0.4 is 14.4 Å². The lowest BCUT2D eigenvalue weighted by Gasteiger charge is -2.36. The largest absolute Gasteiger partial charge is 0.497 e. The molecule has 0 atom stereocenters. The molecule has 40 heavy (non-hydrogen) atoms. The Morgan fingerprint density at radius 2 is 1.43 bits per heavy atom. The number of piperazine rings is 1. The molecule has 2 heterocycles. The van der Waals surface area contributed by atoms with Crippen molar-refractivity contribution in [2.24, 2.45) is 0 Å². The predicted octanol–water partition coefficient (Wildman–Crippen LogP) is 6.87. The quantitative estimate of drug-likeness (QED) is 0.241. The lowest BCUT2D eigenvalue weighted by atomic mass is 9.97. The van der Waals surface area contributed by atoms with E-state index in [0.29, 0.717) is 37.3 Å². The Hall–Kier alpha value is -4.04. The van der Waals surface area contributed by atoms with Crippen LogP contribution in [0.3, 0.4) is 0 Å². The summed E-state index contributed by atoms with van der Waals surface area (Å²) in [7, 11) is 3.28. The van der Waals surface area contributed by atoms with Crippen molar-refractivity contribution in [3.8, 4) is 21.9 Å². The minimum Gasteiger partial charge on any atom is -0.497 e. The van der Waals surface area contributed by atoms with Crippen molar-refractivity contribution < 1.29 is 23.8 Å². The summed E-state index contributed by atoms with van der Waals surface area (Å²) in [5, 5.41) is 0.906. The van der Waals surface area contributed by atoms with Gasteiger partial charge in [0.15, 0.2) is 5.78 Å². The number of anilines is 1. The molecule has 0 saturated carbocycles. The van der Waals surface area contributed by atoms with E-state index >= 15 is 0 Å². The fourth-order valence-corrected chi connectivity index (χ4v) is 6.05. The molecule has 1 aliphatic heterocycles. The number of carbonyl (C=O) groups excluding carboxylic acids is 2. The Bertz CT molecular complexity index is 1510. The van der Waals surface area contributed by atoms with Gasteiger partial charge in [-0.25, -0.2) is 4.79 Å². The van der Waals surface area contributed by atoms with Crippen molar-refractivity contribution in [3.05, 3.63) is 77.9 Å². The first-order valence-corrected chi connectivity index (χ1v) is 14.1. The van der Waals surface area contributed by atoms with Gasteiger partial charge in [0, 0.05) is 58.0 Å². The Morgan fingerprint density at radius 3 is 2.02 bits per heavy atom. The van der Waals surface area contributed by atoms with Crippen LogP contribution in [-0.2, 0) is 4.74 Å². The summed E-state index contributed by atoms with van der Waals surface area (Å²) in [6.45, 7) is 8.20. The van der Waals surface area contributed by atoms with E-state index in [0.717, 1.165) is 37.7 Å². The number of hydrogen-bond acceptors (Lipinski definition) is 7. The molecule has 8 heteroatoms. The molecule has 5 rings (SSSR count). The first-order valence-electron chi connectivity index (χ1n) is 13.3. The van der Waals surface area contributed by atoms with Crippen LogP contribution in [0.1, 0.15) is 36.7 Å². The third-order valence-electron chi connectivity index (χ3n) is 6.90. The topological polar surface area (TPSA) is 68.3 Å². The van der Waals surface area contributed by atoms with E-state index in [9.17, 15) is 9.59 Å². The van der Waals surface area contributed by atoms with Crippen LogP contribution in [0.4, 0.5) is 10.5 Å². The molecule has 1 amide bonds. The highest BCUT2D eigenvalue weighted by atomic mass is 32.1. The highest BCUT2D eigenvalue weighted by molar-refractivity contribution is 7.22. The zero-order valence-corrected chi connectivity index (χ0v) is 24.3. The van der Waals surface area contributed by atoms with Gasteiger partial charge in [-0.2, -0.15) is 0 Å². The van der Waals surface area contributed by atoms with Gasteiger partial charge in [-0.3, -0.25) is 4.79 Å². The predicted molar refractivity (Wildman–Crippen MR) is 160 cm³/mol. The lowest BCUT2D eigenvalue weighted by Crippen LogP contribution is -2.50. The monoisotopic (exact) mass is 558 g/mol. The molecule has 0 aliphatic carbocycles. The molecular weight excluding hydrogens is 524 g/mol. The summed E-state index contributed by atoms with van der Waals surface area (Å²) in [6, 6.07) is 21.4. The minimum absolute atomic E-state index is 0.0245. The van der Waals surface area contributed by atoms with Crippen molar-refractivity contribution in [3.63, 3.8) is 0 Å². The number of carbonyl (C=O) groups is 2. The Kier molecular flexibility index (Phi) is 7.72. The zero-order chi connectivity index (χ0) is 28.4. The molecular formula is C32H34N2O5S. The van der Waals surface area contributed by atoms with E-state index in [1.165, 1.54) is 0 Å². The first-order chi connectivity index (χ1) is 19.2. The average Bonchev–Trinajstić information content (AvgIpc) is 3.35. The van der Waals surface area contributed by atoms with Gasteiger partial charge in [0.1, 0.15) is 17.1 Å². The maximum Gasteiger partial charge on any atom is 0.410 e. The van der Waals surface area contributed by atoms with Gasteiger partial charge < -0.3 is 24.0 Å². The number of nitrogens with zero attached hydrogens (tertiary/aromatic N) is 2. The SMILES string of the molecule is COc1ccc(-c2sc3cc(OC)ccc3c2C(=O)c2ccc(N3CCN(C(=O)OC(C)(C)C)CC3)cc2)cc1. The summed E-state index contributed by atoms with van der Waals surface area (Å²) >= 11 is 1.58. The molecule has 3 aromatic carbocycles. The molecule has 0 unspecified atom stereocenters. The van der Waals surface area contributed by atoms with Gasteiger partial charge in [-0.1, -0.05) is 0 Å². The van der Waals surface area contributed by atoms with Gasteiger partial charge in [0.2, 0.25) is 0 Å². The molecule has 0 N–H and O–H groups in total. The van der Waals surface area contributed by atoms with Crippen LogP contribution in [0.5, 0.6) is 11.5 Å². The van der Waals surface area contributed by atoms with E-state index in [-0.39, 0.29) is 11.9 Å². The van der Waals surface area contributed by atoms with Gasteiger partial charge in [-0.15, -0.1) is 11.3 Å². The molecule has 1 saturated heterocycles. The van der Waals surface area contributed by atoms with Gasteiger partial charge in [0.05, 0.1) is 14.2 Å². The van der Waals surface area contributed by atoms with E-state index in [1.54, 1.807) is 30.5 Å². The third kappa shape index (κ3) is 5.77. The van der Waals surface area contributed by atoms with Crippen molar-refractivity contribution in [2.45, 2.75) is 26.4 Å². The minimum atomic E-state index is -0.510. The smallest absolute Gasteiger partial charge is 0.410 e. The molecule has 1 aliphatic rings. The fourth-order valence-electron chi connectivity index (χ4n) is 4.82. The van der Waals surface area contributed by atoms with E-state index in [4.69, 9.17) is 14.2 Å². The molecule has 0 bridgehead atoms. The number of hydrogen-bond donors (Lipinski definition) is 0. The summed E-state index contributed by atoms with van der Waals surface area (Å²) in [5.41, 5.74) is 2.79. The number of ether oxygens (including phenoxy) is 3. The highest BCUT2D eigenvalue weighted by Gasteiger charge is 2.27. The molecule has 0 spiro atoms. The maximum atomic E-state index is 14.0. The second kappa shape index (κ2) is 11.2. The van der Waals surface area contributed by atoms with Crippen LogP contribution in [0, 0.1) is 0 Å². The molecule has 7 nitrogen and oxygen atoms in total. The summed E-state index contributed by atoms with van der Waals surface area (Å²) in [6.07, 6.45) is -0.277. The summed E-state index contributed by atoms with van der Waals surface area (Å²) in [4.78, 5) is 31.3. The van der Waals surface area contributed by atoms with Crippen molar-refractivity contribution in [1.82, 2.24) is 4.90 Å². The van der Waals surface area contributed by atoms with Crippen LogP contribution in [0.15, 0.2) is 66.7 Å². The standard InChI is InChI=1S/C32H34N2O5S/c1-32(2,3)39-31(36)34-18-16-33(17-19-34)23-10-6-21(7-11-23)29(35)28-26-15-14-25(38-5)20-27(26)40-30(28)22-8-12-24(37-4)13-9-22/h6-15,20H,16-19H2,1-5H3. The Morgan fingerprint density at radius 1 is 0.800 bits per heavy atom. The molecule has 4 aromatic rings. The summed E-state index contributed by atoms with van der Waals surface area (Å²) in [5.74, 6) is 1.50. The van der Waals surface area contributed by atoms with Crippen molar-refractivity contribution in [1.29, 1.82) is 0 Å². The molecule has 208 valence electrons. The van der Waals surface area contributed by atoms with Crippen LogP contribution in [0.25, 0.3) is 20.5 Å². The Labute approximate surface area is 238 Å². The number of fused-ring (bicyclic) bond motifs is 1. The van der Waals surface area contributed by atoms with E-state index < -0.39 is 5.60 Å². The zero-order valence-electron chi connectivity index (χ0n) is 23.5. The molecule has 1 aromatic heterocycles. The maximum absolute atomic E-state index is 14.0. The number of rotatable bonds is 6. The van der Waals surface area contributed by atoms with Crippen LogP contribution in [-0.4, -0.2) is 62.8 Å². The van der Waals surface area contributed by atoms with Crippen molar-refractivity contribution >= 4 is 39.0 Å². The second-order valence-electron chi connectivity index (χ2n) is 10.7. The fraction of sp³-hybridized carbons (Fsp3) is 0.312. The molecule has 0 radical (unpaired) electrons. The summed E-state index contributed by atoms with van der Waals surface area (Å²) < 4.78 is 17.3. The second-order valence-corrected chi connectivity index (χ2v) is 11.8. The Balaban J connectivity index is 1.39. The number of thiophene rings is 1. The molecule has 1 fully saturated rings. The number of amides is 1. The van der Waals surface area contributed by atoms with Gasteiger partial charge >= 0.3 is 6.09 Å². The van der Waals surface area contributed by atoms with E-state index in [1.807, 2.05) is 87.5 Å². The first kappa shape index (κ1) is 27.5. The number of methoxy groups -OCH3 is 2. The van der Waals surface area contributed by atoms with Crippen LogP contribution >= 0.6 is 11.3 Å². The normalized spacial score (nSPS) is 13.8. The highest BCUT2D eigenvalue weighted by Crippen LogP contribution is 2.41. The average molecular weight is 559 g/mol. The van der Waals surface area contributed by atoms with Crippen molar-refractivity contribution in [2.75, 3.05) is 45.3 Å².